The largest absolute Gasteiger partial charge is 0.330 e. The summed E-state index contributed by atoms with van der Waals surface area (Å²) < 4.78 is 0. The average Bonchev–Trinajstić information content (AvgIpc) is 2.84. The van der Waals surface area contributed by atoms with Crippen molar-refractivity contribution in [2.75, 3.05) is 6.54 Å². The maximum atomic E-state index is 5.85. The molecule has 2 N–H and O–H groups in total. The standard InChI is InChI=1S/C13H18N2S2/c1-8-5-6-16-10(8)12-15-9(2)11(17-12)13(3,4)7-14/h5-6H,7,14H2,1-4H3. The molecule has 2 rings (SSSR count). The van der Waals surface area contributed by atoms with Gasteiger partial charge in [-0.3, -0.25) is 0 Å². The van der Waals surface area contributed by atoms with Crippen LogP contribution in [0.25, 0.3) is 9.88 Å². The lowest BCUT2D eigenvalue weighted by Gasteiger charge is -2.20. The van der Waals surface area contributed by atoms with Crippen LogP contribution in [0.1, 0.15) is 30.0 Å². The number of nitrogens with zero attached hydrogens (tertiary/aromatic N) is 1. The van der Waals surface area contributed by atoms with Crippen molar-refractivity contribution in [3.8, 4) is 9.88 Å². The van der Waals surface area contributed by atoms with Gasteiger partial charge >= 0.3 is 0 Å². The number of thiophene rings is 1. The van der Waals surface area contributed by atoms with E-state index >= 15 is 0 Å². The van der Waals surface area contributed by atoms with Gasteiger partial charge in [-0.25, -0.2) is 4.98 Å². The van der Waals surface area contributed by atoms with Gasteiger partial charge in [-0.1, -0.05) is 13.8 Å². The molecule has 0 atom stereocenters. The SMILES string of the molecule is Cc1ccsc1-c1nc(C)c(C(C)(C)CN)s1. The van der Waals surface area contributed by atoms with Crippen LogP contribution in [0.15, 0.2) is 11.4 Å². The molecule has 4 heteroatoms. The van der Waals surface area contributed by atoms with E-state index in [1.165, 1.54) is 15.3 Å². The van der Waals surface area contributed by atoms with Gasteiger partial charge in [0.2, 0.25) is 0 Å². The molecule has 17 heavy (non-hydrogen) atoms. The number of rotatable bonds is 3. The molecule has 0 saturated carbocycles. The summed E-state index contributed by atoms with van der Waals surface area (Å²) in [5.41, 5.74) is 8.29. The molecule has 2 aromatic rings. The number of aryl methyl sites for hydroxylation is 2. The highest BCUT2D eigenvalue weighted by Gasteiger charge is 2.25. The summed E-state index contributed by atoms with van der Waals surface area (Å²) >= 11 is 3.54. The fraction of sp³-hybridized carbons (Fsp3) is 0.462. The topological polar surface area (TPSA) is 38.9 Å². The highest BCUT2D eigenvalue weighted by Crippen LogP contribution is 2.38. The molecule has 0 bridgehead atoms. The monoisotopic (exact) mass is 266 g/mol. The van der Waals surface area contributed by atoms with Gasteiger partial charge in [-0.2, -0.15) is 0 Å². The van der Waals surface area contributed by atoms with Crippen molar-refractivity contribution in [3.63, 3.8) is 0 Å². The van der Waals surface area contributed by atoms with Gasteiger partial charge in [0, 0.05) is 16.8 Å². The summed E-state index contributed by atoms with van der Waals surface area (Å²) in [5.74, 6) is 0. The van der Waals surface area contributed by atoms with Gasteiger partial charge < -0.3 is 5.73 Å². The third-order valence-corrected chi connectivity index (χ3v) is 5.67. The van der Waals surface area contributed by atoms with Crippen LogP contribution in [0.4, 0.5) is 0 Å². The van der Waals surface area contributed by atoms with Gasteiger partial charge in [-0.15, -0.1) is 22.7 Å². The molecule has 2 heterocycles. The van der Waals surface area contributed by atoms with E-state index < -0.39 is 0 Å². The first-order valence-electron chi connectivity index (χ1n) is 5.68. The summed E-state index contributed by atoms with van der Waals surface area (Å²) in [6, 6.07) is 2.14. The maximum absolute atomic E-state index is 5.85. The highest BCUT2D eigenvalue weighted by molar-refractivity contribution is 7.21. The minimum atomic E-state index is 0.0190. The zero-order valence-corrected chi connectivity index (χ0v) is 12.3. The minimum Gasteiger partial charge on any atom is -0.330 e. The fourth-order valence-electron chi connectivity index (χ4n) is 1.81. The highest BCUT2D eigenvalue weighted by atomic mass is 32.1. The van der Waals surface area contributed by atoms with E-state index in [9.17, 15) is 0 Å². The van der Waals surface area contributed by atoms with Gasteiger partial charge in [0.25, 0.3) is 0 Å². The molecule has 2 nitrogen and oxygen atoms in total. The molecule has 0 aliphatic carbocycles. The van der Waals surface area contributed by atoms with Crippen molar-refractivity contribution >= 4 is 22.7 Å². The molecule has 0 aliphatic rings. The van der Waals surface area contributed by atoms with E-state index in [4.69, 9.17) is 10.7 Å². The first-order valence-corrected chi connectivity index (χ1v) is 7.38. The van der Waals surface area contributed by atoms with Gasteiger partial charge in [0.1, 0.15) is 5.01 Å². The van der Waals surface area contributed by atoms with E-state index in [0.717, 1.165) is 10.7 Å². The number of hydrogen-bond acceptors (Lipinski definition) is 4. The molecule has 0 spiro atoms. The molecule has 0 radical (unpaired) electrons. The van der Waals surface area contributed by atoms with Crippen molar-refractivity contribution in [2.45, 2.75) is 33.1 Å². The Morgan fingerprint density at radius 3 is 2.59 bits per heavy atom. The van der Waals surface area contributed by atoms with Crippen LogP contribution in [0.3, 0.4) is 0 Å². The maximum Gasteiger partial charge on any atom is 0.134 e. The Kier molecular flexibility index (Phi) is 3.39. The number of nitrogens with two attached hydrogens (primary N) is 1. The van der Waals surface area contributed by atoms with Crippen molar-refractivity contribution in [1.29, 1.82) is 0 Å². The van der Waals surface area contributed by atoms with Crippen molar-refractivity contribution in [1.82, 2.24) is 4.98 Å². The molecule has 0 saturated heterocycles. The third-order valence-electron chi connectivity index (χ3n) is 2.98. The van der Waals surface area contributed by atoms with Crippen molar-refractivity contribution < 1.29 is 0 Å². The number of thiazole rings is 1. The smallest absolute Gasteiger partial charge is 0.134 e. The van der Waals surface area contributed by atoms with E-state index in [1.807, 2.05) is 0 Å². The van der Waals surface area contributed by atoms with Crippen LogP contribution < -0.4 is 5.73 Å². The molecule has 0 aromatic carbocycles. The summed E-state index contributed by atoms with van der Waals surface area (Å²) in [4.78, 5) is 7.30. The molecule has 2 aromatic heterocycles. The summed E-state index contributed by atoms with van der Waals surface area (Å²) in [6.45, 7) is 9.22. The Labute approximate surface area is 111 Å². The predicted octanol–water partition coefficient (Wildman–Crippen LogP) is 3.72. The Balaban J connectivity index is 2.48. The van der Waals surface area contributed by atoms with Crippen LogP contribution in [0.5, 0.6) is 0 Å². The van der Waals surface area contributed by atoms with E-state index in [-0.39, 0.29) is 5.41 Å². The van der Waals surface area contributed by atoms with Crippen molar-refractivity contribution in [3.05, 3.63) is 27.6 Å². The lowest BCUT2D eigenvalue weighted by molar-refractivity contribution is 0.546. The molecule has 0 fully saturated rings. The first kappa shape index (κ1) is 12.7. The average molecular weight is 266 g/mol. The Hall–Kier alpha value is -0.710. The second-order valence-corrected chi connectivity index (χ2v) is 6.87. The van der Waals surface area contributed by atoms with Crippen LogP contribution in [0, 0.1) is 13.8 Å². The third kappa shape index (κ3) is 2.30. The Morgan fingerprint density at radius 1 is 1.35 bits per heavy atom. The summed E-state index contributed by atoms with van der Waals surface area (Å²) in [5, 5.41) is 3.25. The zero-order chi connectivity index (χ0) is 12.6. The van der Waals surface area contributed by atoms with Gasteiger partial charge in [-0.05, 0) is 30.9 Å². The minimum absolute atomic E-state index is 0.0190. The fourth-order valence-corrected chi connectivity index (χ4v) is 4.07. The van der Waals surface area contributed by atoms with E-state index in [0.29, 0.717) is 6.54 Å². The summed E-state index contributed by atoms with van der Waals surface area (Å²) in [6.07, 6.45) is 0. The Bertz CT molecular complexity index is 523. The van der Waals surface area contributed by atoms with E-state index in [2.05, 4.69) is 39.1 Å². The molecule has 0 unspecified atom stereocenters. The zero-order valence-electron chi connectivity index (χ0n) is 10.7. The molecule has 0 aliphatic heterocycles. The van der Waals surface area contributed by atoms with Crippen molar-refractivity contribution in [2.24, 2.45) is 5.73 Å². The molecular formula is C13H18N2S2. The predicted molar refractivity (Wildman–Crippen MR) is 77.0 cm³/mol. The Morgan fingerprint density at radius 2 is 2.06 bits per heavy atom. The first-order chi connectivity index (χ1) is 7.95. The van der Waals surface area contributed by atoms with Crippen LogP contribution >= 0.6 is 22.7 Å². The number of aromatic nitrogens is 1. The molecule has 92 valence electrons. The van der Waals surface area contributed by atoms with Crippen LogP contribution in [0.2, 0.25) is 0 Å². The lowest BCUT2D eigenvalue weighted by atomic mass is 9.91. The van der Waals surface area contributed by atoms with Crippen LogP contribution in [-0.4, -0.2) is 11.5 Å². The molecule has 0 amide bonds. The number of hydrogen-bond donors (Lipinski definition) is 1. The second-order valence-electron chi connectivity index (χ2n) is 4.95. The van der Waals surface area contributed by atoms with Crippen LogP contribution in [-0.2, 0) is 5.41 Å². The molecular weight excluding hydrogens is 248 g/mol. The van der Waals surface area contributed by atoms with Gasteiger partial charge in [0.05, 0.1) is 10.6 Å². The second kappa shape index (κ2) is 4.52. The normalized spacial score (nSPS) is 12.1. The lowest BCUT2D eigenvalue weighted by Crippen LogP contribution is -2.27. The van der Waals surface area contributed by atoms with Gasteiger partial charge in [0.15, 0.2) is 0 Å². The summed E-state index contributed by atoms with van der Waals surface area (Å²) in [7, 11) is 0. The quantitative estimate of drug-likeness (QED) is 0.919. The van der Waals surface area contributed by atoms with E-state index in [1.54, 1.807) is 22.7 Å².